The number of alkyl halides is 3. The number of hydrogen-bond donors (Lipinski definition) is 0. The molecular formula is C29H34F3N3O2. The van der Waals surface area contributed by atoms with Crippen LogP contribution in [0.2, 0.25) is 0 Å². The molecule has 0 N–H and O–H groups in total. The Labute approximate surface area is 217 Å². The third-order valence-electron chi connectivity index (χ3n) is 7.18. The van der Waals surface area contributed by atoms with E-state index in [0.29, 0.717) is 48.8 Å². The van der Waals surface area contributed by atoms with Gasteiger partial charge in [0.2, 0.25) is 6.41 Å². The van der Waals surface area contributed by atoms with Crippen LogP contribution < -0.4 is 4.90 Å². The number of nitrogens with zero attached hydrogens (tertiary/aromatic N) is 3. The fourth-order valence-corrected chi connectivity index (χ4v) is 4.80. The number of aryl methyl sites for hydroxylation is 1. The number of rotatable bonds is 9. The lowest BCUT2D eigenvalue weighted by molar-refractivity contribution is -0.138. The number of carbonyl (C=O) groups is 2. The normalized spacial score (nSPS) is 16.3. The molecule has 0 radical (unpaired) electrons. The van der Waals surface area contributed by atoms with Gasteiger partial charge in [-0.15, -0.1) is 0 Å². The Morgan fingerprint density at radius 3 is 2.57 bits per heavy atom. The summed E-state index contributed by atoms with van der Waals surface area (Å²) in [6.45, 7) is 7.09. The zero-order valence-corrected chi connectivity index (χ0v) is 21.8. The van der Waals surface area contributed by atoms with E-state index in [1.54, 1.807) is 55.1 Å². The van der Waals surface area contributed by atoms with Crippen LogP contribution in [-0.4, -0.2) is 48.8 Å². The Hall–Kier alpha value is -3.31. The fraction of sp³-hybridized carbons (Fsp3) is 0.448. The molecule has 0 bridgehead atoms. The van der Waals surface area contributed by atoms with Gasteiger partial charge in [0.15, 0.2) is 0 Å². The highest BCUT2D eigenvalue weighted by atomic mass is 19.4. The number of para-hydroxylation sites is 1. The quantitative estimate of drug-likeness (QED) is 0.332. The minimum atomic E-state index is -4.55. The van der Waals surface area contributed by atoms with Crippen molar-refractivity contribution in [1.82, 2.24) is 9.80 Å². The van der Waals surface area contributed by atoms with Gasteiger partial charge >= 0.3 is 6.18 Å². The van der Waals surface area contributed by atoms with Crippen LogP contribution in [0.5, 0.6) is 0 Å². The lowest BCUT2D eigenvalue weighted by Crippen LogP contribution is -2.29. The van der Waals surface area contributed by atoms with Crippen molar-refractivity contribution in [3.05, 3.63) is 64.7 Å². The van der Waals surface area contributed by atoms with Gasteiger partial charge in [0.1, 0.15) is 0 Å². The molecule has 1 aliphatic heterocycles. The largest absolute Gasteiger partial charge is 0.416 e. The number of likely N-dealkylation sites (tertiary alicyclic amines) is 1. The van der Waals surface area contributed by atoms with Gasteiger partial charge in [0.05, 0.1) is 12.1 Å². The Morgan fingerprint density at radius 2 is 1.95 bits per heavy atom. The maximum atomic E-state index is 14.2. The van der Waals surface area contributed by atoms with Gasteiger partial charge in [-0.1, -0.05) is 30.2 Å². The van der Waals surface area contributed by atoms with Gasteiger partial charge in [0, 0.05) is 24.8 Å². The van der Waals surface area contributed by atoms with Crippen molar-refractivity contribution in [2.45, 2.75) is 52.4 Å². The summed E-state index contributed by atoms with van der Waals surface area (Å²) < 4.78 is 42.5. The number of halogens is 3. The van der Waals surface area contributed by atoms with Crippen LogP contribution in [0.15, 0.2) is 42.5 Å². The van der Waals surface area contributed by atoms with E-state index in [9.17, 15) is 22.8 Å². The monoisotopic (exact) mass is 513 g/mol. The van der Waals surface area contributed by atoms with E-state index in [1.807, 2.05) is 18.9 Å². The Bertz CT molecular complexity index is 1150. The van der Waals surface area contributed by atoms with E-state index in [2.05, 4.69) is 11.8 Å². The summed E-state index contributed by atoms with van der Waals surface area (Å²) in [5.41, 5.74) is 0.987. The molecule has 3 rings (SSSR count). The highest BCUT2D eigenvalue weighted by molar-refractivity contribution is 5.93. The molecule has 2 aromatic carbocycles. The fourth-order valence-electron chi connectivity index (χ4n) is 4.80. The van der Waals surface area contributed by atoms with E-state index in [4.69, 9.17) is 0 Å². The molecule has 2 unspecified atom stereocenters. The number of amides is 2. The second-order valence-electron chi connectivity index (χ2n) is 9.66. The topological polar surface area (TPSA) is 43.9 Å². The van der Waals surface area contributed by atoms with Crippen molar-refractivity contribution in [3.8, 4) is 11.8 Å². The lowest BCUT2D eigenvalue weighted by atomic mass is 9.94. The van der Waals surface area contributed by atoms with Gasteiger partial charge in [0.25, 0.3) is 5.91 Å². The molecule has 1 saturated heterocycles. The van der Waals surface area contributed by atoms with E-state index in [1.165, 1.54) is 11.0 Å². The van der Waals surface area contributed by atoms with Gasteiger partial charge < -0.3 is 9.80 Å². The maximum absolute atomic E-state index is 14.2. The summed E-state index contributed by atoms with van der Waals surface area (Å²) in [6.07, 6.45) is -2.24. The predicted molar refractivity (Wildman–Crippen MR) is 139 cm³/mol. The number of hydrogen-bond acceptors (Lipinski definition) is 3. The molecule has 0 saturated carbocycles. The molecule has 37 heavy (non-hydrogen) atoms. The van der Waals surface area contributed by atoms with Gasteiger partial charge in [-0.05, 0) is 93.9 Å². The number of carbonyl (C=O) groups excluding carboxylic acids is 2. The average Bonchev–Trinajstić information content (AvgIpc) is 3.35. The summed E-state index contributed by atoms with van der Waals surface area (Å²) >= 11 is 0. The second kappa shape index (κ2) is 12.3. The standard InChI is InChI=1S/C29H34F3N3O2/c1-5-9-28(37)34-15-13-23(18-34)12-14-33(4)22(3)24-16-21(2)26(27(17-24)29(30,31)32)19-35(20-36)25-10-7-6-8-11-25/h6-8,10-11,16-17,20,22-23H,12-15,18-19H2,1-4H3. The minimum absolute atomic E-state index is 0.0907. The summed E-state index contributed by atoms with van der Waals surface area (Å²) in [6, 6.07) is 11.4. The highest BCUT2D eigenvalue weighted by Gasteiger charge is 2.35. The first-order valence-electron chi connectivity index (χ1n) is 12.4. The Morgan fingerprint density at radius 1 is 1.24 bits per heavy atom. The molecule has 198 valence electrons. The van der Waals surface area contributed by atoms with Crippen LogP contribution in [0.4, 0.5) is 18.9 Å². The molecule has 0 aromatic heterocycles. The third-order valence-corrected chi connectivity index (χ3v) is 7.18. The van der Waals surface area contributed by atoms with Crippen molar-refractivity contribution in [1.29, 1.82) is 0 Å². The predicted octanol–water partition coefficient (Wildman–Crippen LogP) is 5.43. The summed E-state index contributed by atoms with van der Waals surface area (Å²) in [5, 5.41) is 0. The third kappa shape index (κ3) is 7.14. The van der Waals surface area contributed by atoms with Crippen LogP contribution in [0, 0.1) is 24.7 Å². The molecule has 0 spiro atoms. The summed E-state index contributed by atoms with van der Waals surface area (Å²) in [4.78, 5) is 28.8. The first-order chi connectivity index (χ1) is 17.5. The maximum Gasteiger partial charge on any atom is 0.416 e. The van der Waals surface area contributed by atoms with Crippen molar-refractivity contribution in [3.63, 3.8) is 0 Å². The van der Waals surface area contributed by atoms with Crippen molar-refractivity contribution in [2.24, 2.45) is 5.92 Å². The lowest BCUT2D eigenvalue weighted by Gasteiger charge is -2.29. The van der Waals surface area contributed by atoms with E-state index >= 15 is 0 Å². The minimum Gasteiger partial charge on any atom is -0.332 e. The SMILES string of the molecule is CC#CC(=O)N1CCC(CCN(C)C(C)c2cc(C)c(CN(C=O)c3ccccc3)c(C(F)(F)F)c2)C1. The van der Waals surface area contributed by atoms with Crippen molar-refractivity contribution < 1.29 is 22.8 Å². The average molecular weight is 514 g/mol. The highest BCUT2D eigenvalue weighted by Crippen LogP contribution is 2.37. The molecule has 2 atom stereocenters. The van der Waals surface area contributed by atoms with Crippen LogP contribution in [0.3, 0.4) is 0 Å². The molecule has 1 heterocycles. The molecule has 5 nitrogen and oxygen atoms in total. The first-order valence-corrected chi connectivity index (χ1v) is 12.4. The molecule has 2 aromatic rings. The van der Waals surface area contributed by atoms with Gasteiger partial charge in [-0.3, -0.25) is 14.5 Å². The van der Waals surface area contributed by atoms with Gasteiger partial charge in [-0.25, -0.2) is 0 Å². The van der Waals surface area contributed by atoms with E-state index < -0.39 is 11.7 Å². The van der Waals surface area contributed by atoms with Crippen molar-refractivity contribution in [2.75, 3.05) is 31.6 Å². The van der Waals surface area contributed by atoms with Crippen LogP contribution in [-0.2, 0) is 22.3 Å². The Kier molecular flexibility index (Phi) is 9.39. The van der Waals surface area contributed by atoms with Crippen molar-refractivity contribution >= 4 is 18.0 Å². The smallest absolute Gasteiger partial charge is 0.332 e. The van der Waals surface area contributed by atoms with Gasteiger partial charge in [-0.2, -0.15) is 13.2 Å². The zero-order chi connectivity index (χ0) is 27.2. The van der Waals surface area contributed by atoms with Crippen LogP contribution in [0.25, 0.3) is 0 Å². The molecule has 0 aliphatic carbocycles. The number of anilines is 1. The second-order valence-corrected chi connectivity index (χ2v) is 9.66. The summed E-state index contributed by atoms with van der Waals surface area (Å²) in [5.74, 6) is 5.41. The zero-order valence-electron chi connectivity index (χ0n) is 21.8. The first kappa shape index (κ1) is 28.3. The van der Waals surface area contributed by atoms with Crippen LogP contribution in [0.1, 0.15) is 55.0 Å². The molecule has 2 amide bonds. The molecular weight excluding hydrogens is 479 g/mol. The number of benzene rings is 2. The molecule has 1 aliphatic rings. The Balaban J connectivity index is 1.75. The van der Waals surface area contributed by atoms with E-state index in [-0.39, 0.29) is 24.1 Å². The molecule has 8 heteroatoms. The van der Waals surface area contributed by atoms with E-state index in [0.717, 1.165) is 12.8 Å². The summed E-state index contributed by atoms with van der Waals surface area (Å²) in [7, 11) is 1.91. The van der Waals surface area contributed by atoms with Crippen LogP contribution >= 0.6 is 0 Å². The molecule has 1 fully saturated rings.